The molecule has 0 amide bonds. The van der Waals surface area contributed by atoms with Crippen molar-refractivity contribution in [2.45, 2.75) is 0 Å². The van der Waals surface area contributed by atoms with E-state index in [4.69, 9.17) is 5.53 Å². The van der Waals surface area contributed by atoms with Gasteiger partial charge in [0.2, 0.25) is 0 Å². The van der Waals surface area contributed by atoms with Gasteiger partial charge in [-0.15, -0.1) is 0 Å². The summed E-state index contributed by atoms with van der Waals surface area (Å²) in [6.45, 7) is 0. The van der Waals surface area contributed by atoms with E-state index in [-0.39, 0.29) is 5.49 Å². The van der Waals surface area contributed by atoms with Gasteiger partial charge in [0.15, 0.2) is 0 Å². The van der Waals surface area contributed by atoms with Gasteiger partial charge < -0.3 is 15.3 Å². The summed E-state index contributed by atoms with van der Waals surface area (Å²) < 4.78 is 0. The normalized spacial score (nSPS) is 10.0. The van der Waals surface area contributed by atoms with Gasteiger partial charge in [-0.25, -0.2) is 4.79 Å². The van der Waals surface area contributed by atoms with Gasteiger partial charge in [-0.3, -0.25) is 4.98 Å². The average molecular weight is 163 g/mol. The first-order chi connectivity index (χ1) is 5.81. The predicted octanol–water partition coefficient (Wildman–Crippen LogP) is -0.685. The molecule has 0 saturated carbocycles. The molecule has 2 rings (SSSR count). The molecule has 0 saturated heterocycles. The molecule has 0 fully saturated rings. The summed E-state index contributed by atoms with van der Waals surface area (Å²) in [7, 11) is 0. The lowest BCUT2D eigenvalue weighted by molar-refractivity contribution is -0.0697. The maximum Gasteiger partial charge on any atom is 0.413 e. The molecule has 0 bridgehead atoms. The van der Waals surface area contributed by atoms with Gasteiger partial charge in [0.1, 0.15) is 11.0 Å². The minimum atomic E-state index is -0.419. The number of nitrogens with zero attached hydrogens (tertiary/aromatic N) is 2. The van der Waals surface area contributed by atoms with E-state index in [0.717, 1.165) is 0 Å². The molecule has 0 radical (unpaired) electrons. The van der Waals surface area contributed by atoms with Crippen LogP contribution in [0.2, 0.25) is 0 Å². The lowest BCUT2D eigenvalue weighted by atomic mass is 10.4. The van der Waals surface area contributed by atoms with Crippen molar-refractivity contribution < 1.29 is 4.79 Å². The molecule has 3 N–H and O–H groups in total. The van der Waals surface area contributed by atoms with E-state index in [2.05, 4.69) is 19.7 Å². The van der Waals surface area contributed by atoms with Crippen molar-refractivity contribution in [2.24, 2.45) is 0 Å². The zero-order chi connectivity index (χ0) is 8.55. The predicted molar refractivity (Wildman–Crippen MR) is 40.0 cm³/mol. The third-order valence-corrected chi connectivity index (χ3v) is 1.57. The number of aromatic amines is 3. The van der Waals surface area contributed by atoms with E-state index in [1.807, 2.05) is 0 Å². The molecule has 2 aromatic rings. The van der Waals surface area contributed by atoms with Crippen LogP contribution in [0.4, 0.5) is 0 Å². The summed E-state index contributed by atoms with van der Waals surface area (Å²) in [5, 5.41) is 0.636. The summed E-state index contributed by atoms with van der Waals surface area (Å²) in [5.41, 5.74) is 8.77. The second kappa shape index (κ2) is 2.21. The summed E-state index contributed by atoms with van der Waals surface area (Å²) in [4.78, 5) is 21.4. The Morgan fingerprint density at radius 2 is 2.25 bits per heavy atom. The molecule has 2 heterocycles. The second-order valence-electron chi connectivity index (χ2n) is 2.29. The van der Waals surface area contributed by atoms with E-state index < -0.39 is 5.69 Å². The minimum absolute atomic E-state index is 0.148. The van der Waals surface area contributed by atoms with Crippen LogP contribution in [0.15, 0.2) is 17.1 Å². The molecular weight excluding hydrogens is 158 g/mol. The Hall–Kier alpha value is -2.07. The average Bonchev–Trinajstić information content (AvgIpc) is 2.50. The fourth-order valence-corrected chi connectivity index (χ4v) is 1.07. The molecule has 0 atom stereocenters. The highest BCUT2D eigenvalue weighted by Crippen LogP contribution is 1.97. The maximum absolute atomic E-state index is 10.9. The second-order valence-corrected chi connectivity index (χ2v) is 2.29. The van der Waals surface area contributed by atoms with E-state index in [9.17, 15) is 4.79 Å². The Morgan fingerprint density at radius 1 is 1.42 bits per heavy atom. The quantitative estimate of drug-likeness (QED) is 0.347. The van der Waals surface area contributed by atoms with Gasteiger partial charge in [0, 0.05) is 6.20 Å². The topological polar surface area (TPSA) is 101 Å². The van der Waals surface area contributed by atoms with Crippen LogP contribution in [0.25, 0.3) is 16.6 Å². The molecule has 0 aliphatic heterocycles. The lowest BCUT2D eigenvalue weighted by Crippen LogP contribution is -2.23. The number of hydrogen-bond donors (Lipinski definition) is 3. The first-order valence-electron chi connectivity index (χ1n) is 3.29. The van der Waals surface area contributed by atoms with Crippen molar-refractivity contribution in [1.29, 1.82) is 0 Å². The zero-order valence-corrected chi connectivity index (χ0v) is 5.96. The van der Waals surface area contributed by atoms with E-state index in [1.165, 1.54) is 0 Å². The number of nitrogens with one attached hydrogen (secondary N) is 3. The number of H-pyrrole nitrogens is 3. The van der Waals surface area contributed by atoms with Crippen molar-refractivity contribution in [3.05, 3.63) is 33.8 Å². The highest BCUT2D eigenvalue weighted by molar-refractivity contribution is 5.72. The minimum Gasteiger partial charge on any atom is -0.497 e. The van der Waals surface area contributed by atoms with Crippen LogP contribution in [0.1, 0.15) is 0 Å². The highest BCUT2D eigenvalue weighted by atomic mass is 16.1. The SMILES string of the molecule is [N-]=[N+]=c1[nH]c(=O)[nH]c2[nH]ccc12. The fraction of sp³-hybridized carbons (Fsp3) is 0. The largest absolute Gasteiger partial charge is 0.497 e. The lowest BCUT2D eigenvalue weighted by Gasteiger charge is -1.82. The van der Waals surface area contributed by atoms with Gasteiger partial charge in [-0.1, -0.05) is 0 Å². The number of fused-ring (bicyclic) bond motifs is 1. The Bertz CT molecular complexity index is 553. The molecule has 12 heavy (non-hydrogen) atoms. The van der Waals surface area contributed by atoms with Crippen LogP contribution in [0, 0.1) is 0 Å². The monoisotopic (exact) mass is 163 g/mol. The Morgan fingerprint density at radius 3 is 3.00 bits per heavy atom. The third-order valence-electron chi connectivity index (χ3n) is 1.57. The van der Waals surface area contributed by atoms with Crippen molar-refractivity contribution in [3.8, 4) is 0 Å². The van der Waals surface area contributed by atoms with Gasteiger partial charge in [0.05, 0.1) is 0 Å². The van der Waals surface area contributed by atoms with Crippen LogP contribution >= 0.6 is 0 Å². The van der Waals surface area contributed by atoms with Gasteiger partial charge in [-0.05, 0) is 6.07 Å². The number of rotatable bonds is 0. The van der Waals surface area contributed by atoms with Crippen LogP contribution < -0.4 is 11.2 Å². The Kier molecular flexibility index (Phi) is 1.22. The molecule has 2 aromatic heterocycles. The molecule has 6 nitrogen and oxygen atoms in total. The first kappa shape index (κ1) is 6.63. The molecule has 0 aliphatic rings. The number of aromatic nitrogens is 3. The van der Waals surface area contributed by atoms with Gasteiger partial charge in [-0.2, -0.15) is 4.98 Å². The molecule has 0 unspecified atom stereocenters. The summed E-state index contributed by atoms with van der Waals surface area (Å²) in [6, 6.07) is 1.69. The Balaban J connectivity index is 3.21. The van der Waals surface area contributed by atoms with E-state index >= 15 is 0 Å². The zero-order valence-electron chi connectivity index (χ0n) is 5.96. The standard InChI is InChI=1S/C6H5N5O/c7-11-5-3-1-2-8-4(3)9-6(12)10-5/h1-2,8H,(H2,9,10,12). The molecule has 0 aromatic carbocycles. The van der Waals surface area contributed by atoms with E-state index in [0.29, 0.717) is 11.0 Å². The highest BCUT2D eigenvalue weighted by Gasteiger charge is 2.03. The summed E-state index contributed by atoms with van der Waals surface area (Å²) in [6.07, 6.45) is 1.64. The van der Waals surface area contributed by atoms with Crippen molar-refractivity contribution >= 4 is 11.0 Å². The van der Waals surface area contributed by atoms with Gasteiger partial charge >= 0.3 is 11.2 Å². The van der Waals surface area contributed by atoms with Gasteiger partial charge in [0.25, 0.3) is 0 Å². The van der Waals surface area contributed by atoms with Crippen molar-refractivity contribution in [3.63, 3.8) is 0 Å². The Labute approximate surface area is 65.5 Å². The fourth-order valence-electron chi connectivity index (χ4n) is 1.07. The van der Waals surface area contributed by atoms with Crippen LogP contribution in [0.5, 0.6) is 0 Å². The molecular formula is C6H5N5O. The molecule has 6 heteroatoms. The molecule has 60 valence electrons. The first-order valence-corrected chi connectivity index (χ1v) is 3.29. The van der Waals surface area contributed by atoms with E-state index in [1.54, 1.807) is 12.3 Å². The molecule has 0 spiro atoms. The summed E-state index contributed by atoms with van der Waals surface area (Å²) in [5.74, 6) is 0. The maximum atomic E-state index is 10.9. The molecule has 0 aliphatic carbocycles. The van der Waals surface area contributed by atoms with Crippen LogP contribution in [0.3, 0.4) is 0 Å². The summed E-state index contributed by atoms with van der Waals surface area (Å²) >= 11 is 0. The van der Waals surface area contributed by atoms with Crippen molar-refractivity contribution in [2.75, 3.05) is 0 Å². The van der Waals surface area contributed by atoms with Crippen molar-refractivity contribution in [1.82, 2.24) is 15.0 Å². The third kappa shape index (κ3) is 0.792. The smallest absolute Gasteiger partial charge is 0.413 e. The van der Waals surface area contributed by atoms with Crippen LogP contribution in [-0.4, -0.2) is 19.7 Å². The van der Waals surface area contributed by atoms with Crippen LogP contribution in [-0.2, 0) is 0 Å². The number of hydrogen-bond acceptors (Lipinski definition) is 1.